The first-order valence-corrected chi connectivity index (χ1v) is 12.3. The van der Waals surface area contributed by atoms with Crippen LogP contribution < -0.4 is 5.32 Å². The number of hydrogen-bond acceptors (Lipinski definition) is 5. The Morgan fingerprint density at radius 3 is 2.45 bits per heavy atom. The molecule has 0 bridgehead atoms. The molecule has 0 saturated carbocycles. The molecule has 0 aliphatic carbocycles. The molecule has 3 aromatic rings. The normalized spacial score (nSPS) is 15.3. The van der Waals surface area contributed by atoms with Crippen LogP contribution in [0.2, 0.25) is 0 Å². The molecule has 1 N–H and O–H groups in total. The molecule has 1 amide bonds. The third-order valence-electron chi connectivity index (χ3n) is 5.42. The van der Waals surface area contributed by atoms with Crippen molar-refractivity contribution in [2.75, 3.05) is 18.4 Å². The summed E-state index contributed by atoms with van der Waals surface area (Å²) in [5, 5.41) is 14.3. The number of sulfonamides is 1. The fraction of sp³-hybridized carbons (Fsp3) is 0.217. The zero-order chi connectivity index (χ0) is 21.8. The van der Waals surface area contributed by atoms with Crippen molar-refractivity contribution in [2.24, 2.45) is 5.92 Å². The van der Waals surface area contributed by atoms with E-state index in [2.05, 4.69) is 5.32 Å². The van der Waals surface area contributed by atoms with Crippen LogP contribution in [0, 0.1) is 17.2 Å². The molecule has 0 unspecified atom stereocenters. The summed E-state index contributed by atoms with van der Waals surface area (Å²) in [5.41, 5.74) is 1.86. The van der Waals surface area contributed by atoms with Crippen LogP contribution >= 0.6 is 11.3 Å². The lowest BCUT2D eigenvalue weighted by atomic mass is 9.97. The minimum absolute atomic E-state index is 0.0188. The van der Waals surface area contributed by atoms with Gasteiger partial charge in [0.1, 0.15) is 6.07 Å². The molecule has 1 aromatic heterocycles. The van der Waals surface area contributed by atoms with Crippen LogP contribution in [0.3, 0.4) is 0 Å². The lowest BCUT2D eigenvalue weighted by Crippen LogP contribution is -2.41. The van der Waals surface area contributed by atoms with Gasteiger partial charge in [0.2, 0.25) is 15.9 Å². The van der Waals surface area contributed by atoms with Crippen molar-refractivity contribution < 1.29 is 13.2 Å². The number of amides is 1. The summed E-state index contributed by atoms with van der Waals surface area (Å²) in [4.78, 5) is 14.0. The Balaban J connectivity index is 1.44. The highest BCUT2D eigenvalue weighted by Crippen LogP contribution is 2.32. The molecule has 1 aliphatic rings. The quantitative estimate of drug-likeness (QED) is 0.625. The Kier molecular flexibility index (Phi) is 6.18. The number of carbonyl (C=O) groups excluding carboxylic acids is 1. The van der Waals surface area contributed by atoms with Gasteiger partial charge in [0.05, 0.1) is 10.5 Å². The number of thiophene rings is 1. The number of benzene rings is 2. The van der Waals surface area contributed by atoms with Gasteiger partial charge in [0.25, 0.3) is 0 Å². The van der Waals surface area contributed by atoms with Gasteiger partial charge in [-0.1, -0.05) is 36.4 Å². The van der Waals surface area contributed by atoms with E-state index in [-0.39, 0.29) is 35.4 Å². The van der Waals surface area contributed by atoms with E-state index in [1.807, 2.05) is 47.8 Å². The van der Waals surface area contributed by atoms with E-state index in [1.54, 1.807) is 23.5 Å². The molecule has 158 valence electrons. The first kappa shape index (κ1) is 21.2. The van der Waals surface area contributed by atoms with Crippen LogP contribution in [-0.2, 0) is 14.8 Å². The number of piperidine rings is 1. The van der Waals surface area contributed by atoms with Gasteiger partial charge in [0, 0.05) is 35.1 Å². The zero-order valence-corrected chi connectivity index (χ0v) is 18.3. The highest BCUT2D eigenvalue weighted by molar-refractivity contribution is 7.89. The van der Waals surface area contributed by atoms with E-state index in [0.29, 0.717) is 12.8 Å². The molecule has 0 atom stereocenters. The van der Waals surface area contributed by atoms with E-state index >= 15 is 0 Å². The molecule has 31 heavy (non-hydrogen) atoms. The second-order valence-corrected chi connectivity index (χ2v) is 10.2. The molecule has 8 heteroatoms. The Hall–Kier alpha value is -2.99. The average Bonchev–Trinajstić information content (AvgIpc) is 3.34. The van der Waals surface area contributed by atoms with Gasteiger partial charge in [0.15, 0.2) is 0 Å². The number of nitriles is 1. The van der Waals surface area contributed by atoms with Crippen molar-refractivity contribution >= 4 is 33.0 Å². The van der Waals surface area contributed by atoms with E-state index in [4.69, 9.17) is 0 Å². The number of rotatable bonds is 5. The Morgan fingerprint density at radius 1 is 1.03 bits per heavy atom. The van der Waals surface area contributed by atoms with E-state index in [1.165, 1.54) is 16.4 Å². The number of nitrogens with one attached hydrogen (secondary N) is 1. The maximum atomic E-state index is 13.0. The van der Waals surface area contributed by atoms with E-state index in [0.717, 1.165) is 16.1 Å². The van der Waals surface area contributed by atoms with Crippen LogP contribution in [0.25, 0.3) is 10.4 Å². The fourth-order valence-corrected chi connectivity index (χ4v) is 6.13. The molecule has 2 aromatic carbocycles. The summed E-state index contributed by atoms with van der Waals surface area (Å²) >= 11 is 1.61. The standard InChI is InChI=1S/C23H21N3O3S2/c24-16-18-6-1-4-10-22(18)31(28,29)26-13-11-17(12-14-26)23(27)25-20-8-3-2-7-19(20)21-9-5-15-30-21/h1-10,15,17H,11-14H2,(H,25,27). The summed E-state index contributed by atoms with van der Waals surface area (Å²) in [7, 11) is -3.77. The Bertz CT molecular complexity index is 1220. The predicted octanol–water partition coefficient (Wildman–Crippen LogP) is 4.33. The fourth-order valence-electron chi connectivity index (χ4n) is 3.75. The SMILES string of the molecule is N#Cc1ccccc1S(=O)(=O)N1CCC(C(=O)Nc2ccccc2-c2cccs2)CC1. The van der Waals surface area contributed by atoms with E-state index in [9.17, 15) is 18.5 Å². The van der Waals surface area contributed by atoms with Crippen molar-refractivity contribution in [1.29, 1.82) is 5.26 Å². The molecule has 1 aliphatic heterocycles. The van der Waals surface area contributed by atoms with Crippen LogP contribution in [-0.4, -0.2) is 31.7 Å². The molecule has 4 rings (SSSR count). The predicted molar refractivity (Wildman–Crippen MR) is 121 cm³/mol. The maximum Gasteiger partial charge on any atom is 0.244 e. The Labute approximate surface area is 185 Å². The Morgan fingerprint density at radius 2 is 1.74 bits per heavy atom. The second-order valence-electron chi connectivity index (χ2n) is 7.30. The number of hydrogen-bond donors (Lipinski definition) is 1. The van der Waals surface area contributed by atoms with Crippen LogP contribution in [0.5, 0.6) is 0 Å². The van der Waals surface area contributed by atoms with Gasteiger partial charge in [-0.15, -0.1) is 11.3 Å². The summed E-state index contributed by atoms with van der Waals surface area (Å²) in [6, 6.07) is 19.8. The van der Waals surface area contributed by atoms with Crippen molar-refractivity contribution in [3.63, 3.8) is 0 Å². The number of carbonyl (C=O) groups is 1. The average molecular weight is 452 g/mol. The summed E-state index contributed by atoms with van der Waals surface area (Å²) in [6.45, 7) is 0.486. The van der Waals surface area contributed by atoms with Gasteiger partial charge in [-0.25, -0.2) is 8.42 Å². The summed E-state index contributed by atoms with van der Waals surface area (Å²) in [6.07, 6.45) is 0.863. The first-order valence-electron chi connectivity index (χ1n) is 9.94. The minimum atomic E-state index is -3.77. The van der Waals surface area contributed by atoms with Crippen LogP contribution in [0.4, 0.5) is 5.69 Å². The van der Waals surface area contributed by atoms with Crippen molar-refractivity contribution in [3.8, 4) is 16.5 Å². The zero-order valence-electron chi connectivity index (χ0n) is 16.7. The lowest BCUT2D eigenvalue weighted by Gasteiger charge is -2.30. The minimum Gasteiger partial charge on any atom is -0.325 e. The summed E-state index contributed by atoms with van der Waals surface area (Å²) in [5.74, 6) is -0.368. The molecule has 1 saturated heterocycles. The van der Waals surface area contributed by atoms with Gasteiger partial charge < -0.3 is 5.32 Å². The van der Waals surface area contributed by atoms with Gasteiger partial charge in [-0.05, 0) is 42.5 Å². The molecular formula is C23H21N3O3S2. The van der Waals surface area contributed by atoms with Gasteiger partial charge in [-0.3, -0.25) is 4.79 Å². The molecule has 1 fully saturated rings. The summed E-state index contributed by atoms with van der Waals surface area (Å²) < 4.78 is 27.3. The maximum absolute atomic E-state index is 13.0. The third kappa shape index (κ3) is 4.39. The molecule has 6 nitrogen and oxygen atoms in total. The lowest BCUT2D eigenvalue weighted by molar-refractivity contribution is -0.120. The monoisotopic (exact) mass is 451 g/mol. The van der Waals surface area contributed by atoms with Crippen molar-refractivity contribution in [3.05, 3.63) is 71.6 Å². The topological polar surface area (TPSA) is 90.3 Å². The van der Waals surface area contributed by atoms with Crippen LogP contribution in [0.1, 0.15) is 18.4 Å². The smallest absolute Gasteiger partial charge is 0.244 e. The van der Waals surface area contributed by atoms with Gasteiger partial charge >= 0.3 is 0 Å². The highest BCUT2D eigenvalue weighted by atomic mass is 32.2. The molecule has 2 heterocycles. The number of anilines is 1. The third-order valence-corrected chi connectivity index (χ3v) is 8.28. The molecule has 0 radical (unpaired) electrons. The molecular weight excluding hydrogens is 430 g/mol. The number of nitrogens with zero attached hydrogens (tertiary/aromatic N) is 2. The largest absolute Gasteiger partial charge is 0.325 e. The van der Waals surface area contributed by atoms with Crippen molar-refractivity contribution in [1.82, 2.24) is 4.31 Å². The second kappa shape index (κ2) is 9.02. The first-order chi connectivity index (χ1) is 15.0. The van der Waals surface area contributed by atoms with E-state index < -0.39 is 10.0 Å². The van der Waals surface area contributed by atoms with Crippen molar-refractivity contribution in [2.45, 2.75) is 17.7 Å². The number of para-hydroxylation sites is 1. The van der Waals surface area contributed by atoms with Gasteiger partial charge in [-0.2, -0.15) is 9.57 Å². The van der Waals surface area contributed by atoms with Crippen LogP contribution in [0.15, 0.2) is 70.9 Å². The molecule has 0 spiro atoms. The highest BCUT2D eigenvalue weighted by Gasteiger charge is 2.33.